The standard InChI is InChI=1S/C11H16F3NOS/c1-3-8(15)9(16-6-11(12,13)14)10-7(2)4-5-17-10/h4-5,8-9H,3,6,15H2,1-2H3. The molecule has 1 heterocycles. The Kier molecular flexibility index (Phi) is 4.97. The van der Waals surface area contributed by atoms with Gasteiger partial charge in [-0.25, -0.2) is 0 Å². The van der Waals surface area contributed by atoms with Gasteiger partial charge in [0.1, 0.15) is 12.7 Å². The van der Waals surface area contributed by atoms with E-state index >= 15 is 0 Å². The van der Waals surface area contributed by atoms with Crippen LogP contribution in [-0.4, -0.2) is 18.8 Å². The van der Waals surface area contributed by atoms with E-state index in [4.69, 9.17) is 10.5 Å². The van der Waals surface area contributed by atoms with Crippen molar-refractivity contribution in [3.05, 3.63) is 21.9 Å². The fraction of sp³-hybridized carbons (Fsp3) is 0.636. The largest absolute Gasteiger partial charge is 0.411 e. The zero-order valence-corrected chi connectivity index (χ0v) is 10.6. The van der Waals surface area contributed by atoms with E-state index in [1.54, 1.807) is 0 Å². The van der Waals surface area contributed by atoms with Gasteiger partial charge in [0.05, 0.1) is 0 Å². The Labute approximate surface area is 103 Å². The van der Waals surface area contributed by atoms with Gasteiger partial charge in [0.25, 0.3) is 0 Å². The van der Waals surface area contributed by atoms with Crippen LogP contribution >= 0.6 is 11.3 Å². The van der Waals surface area contributed by atoms with Crippen molar-refractivity contribution >= 4 is 11.3 Å². The summed E-state index contributed by atoms with van der Waals surface area (Å²) in [5.41, 5.74) is 6.74. The molecule has 0 aliphatic carbocycles. The van der Waals surface area contributed by atoms with E-state index in [1.165, 1.54) is 11.3 Å². The molecule has 0 saturated carbocycles. The molecular formula is C11H16F3NOS. The van der Waals surface area contributed by atoms with Crippen LogP contribution in [-0.2, 0) is 4.74 Å². The van der Waals surface area contributed by atoms with Crippen LogP contribution in [0.15, 0.2) is 11.4 Å². The van der Waals surface area contributed by atoms with E-state index in [0.29, 0.717) is 6.42 Å². The lowest BCUT2D eigenvalue weighted by molar-refractivity contribution is -0.188. The topological polar surface area (TPSA) is 35.2 Å². The van der Waals surface area contributed by atoms with E-state index in [9.17, 15) is 13.2 Å². The van der Waals surface area contributed by atoms with Crippen molar-refractivity contribution in [3.63, 3.8) is 0 Å². The Morgan fingerprint density at radius 2 is 2.12 bits per heavy atom. The fourth-order valence-electron chi connectivity index (χ4n) is 1.47. The second-order valence-electron chi connectivity index (χ2n) is 3.89. The molecule has 0 amide bonds. The maximum absolute atomic E-state index is 12.2. The van der Waals surface area contributed by atoms with Crippen molar-refractivity contribution in [2.75, 3.05) is 6.61 Å². The van der Waals surface area contributed by atoms with Crippen LogP contribution < -0.4 is 5.73 Å². The molecule has 17 heavy (non-hydrogen) atoms. The number of rotatable bonds is 5. The van der Waals surface area contributed by atoms with E-state index < -0.39 is 24.9 Å². The Bertz CT molecular complexity index is 351. The van der Waals surface area contributed by atoms with Crippen LogP contribution in [0.3, 0.4) is 0 Å². The average molecular weight is 267 g/mol. The van der Waals surface area contributed by atoms with E-state index in [0.717, 1.165) is 10.4 Å². The lowest BCUT2D eigenvalue weighted by Crippen LogP contribution is -2.32. The summed E-state index contributed by atoms with van der Waals surface area (Å²) in [6, 6.07) is 1.43. The lowest BCUT2D eigenvalue weighted by atomic mass is 10.1. The predicted octanol–water partition coefficient (Wildman–Crippen LogP) is 3.41. The molecule has 0 saturated heterocycles. The Morgan fingerprint density at radius 3 is 2.53 bits per heavy atom. The molecule has 2 N–H and O–H groups in total. The van der Waals surface area contributed by atoms with Crippen LogP contribution in [0.25, 0.3) is 0 Å². The Balaban J connectivity index is 2.79. The smallest absolute Gasteiger partial charge is 0.362 e. The SMILES string of the molecule is CCC(N)C(OCC(F)(F)F)c1sccc1C. The van der Waals surface area contributed by atoms with Gasteiger partial charge in [-0.1, -0.05) is 6.92 Å². The number of alkyl halides is 3. The minimum absolute atomic E-state index is 0.422. The molecule has 98 valence electrons. The molecular weight excluding hydrogens is 251 g/mol. The number of hydrogen-bond acceptors (Lipinski definition) is 3. The molecule has 2 atom stereocenters. The highest BCUT2D eigenvalue weighted by atomic mass is 32.1. The van der Waals surface area contributed by atoms with Crippen LogP contribution in [0.5, 0.6) is 0 Å². The van der Waals surface area contributed by atoms with Gasteiger partial charge < -0.3 is 10.5 Å². The molecule has 0 bridgehead atoms. The van der Waals surface area contributed by atoms with Gasteiger partial charge in [-0.15, -0.1) is 11.3 Å². The van der Waals surface area contributed by atoms with Crippen LogP contribution in [0, 0.1) is 6.92 Å². The normalized spacial score (nSPS) is 15.9. The molecule has 0 radical (unpaired) electrons. The molecule has 0 aliphatic rings. The summed E-state index contributed by atoms with van der Waals surface area (Å²) in [6.07, 6.45) is -4.43. The zero-order valence-electron chi connectivity index (χ0n) is 9.75. The van der Waals surface area contributed by atoms with Gasteiger partial charge in [-0.3, -0.25) is 0 Å². The molecule has 2 nitrogen and oxygen atoms in total. The van der Waals surface area contributed by atoms with E-state index in [1.807, 2.05) is 25.3 Å². The van der Waals surface area contributed by atoms with Gasteiger partial charge in [-0.05, 0) is 30.4 Å². The van der Waals surface area contributed by atoms with Gasteiger partial charge in [0.2, 0.25) is 0 Å². The molecule has 2 unspecified atom stereocenters. The third kappa shape index (κ3) is 4.29. The third-order valence-electron chi connectivity index (χ3n) is 2.45. The highest BCUT2D eigenvalue weighted by Gasteiger charge is 2.32. The Morgan fingerprint density at radius 1 is 1.47 bits per heavy atom. The van der Waals surface area contributed by atoms with Gasteiger partial charge in [-0.2, -0.15) is 13.2 Å². The first kappa shape index (κ1) is 14.5. The van der Waals surface area contributed by atoms with E-state index in [2.05, 4.69) is 0 Å². The maximum atomic E-state index is 12.2. The number of aryl methyl sites for hydroxylation is 1. The molecule has 0 fully saturated rings. The predicted molar refractivity (Wildman–Crippen MR) is 62.1 cm³/mol. The summed E-state index contributed by atoms with van der Waals surface area (Å²) in [7, 11) is 0. The monoisotopic (exact) mass is 267 g/mol. The van der Waals surface area contributed by atoms with Crippen molar-refractivity contribution in [3.8, 4) is 0 Å². The second kappa shape index (κ2) is 5.84. The molecule has 0 spiro atoms. The average Bonchev–Trinajstić information content (AvgIpc) is 2.63. The number of nitrogens with two attached hydrogens (primary N) is 1. The number of halogens is 3. The summed E-state index contributed by atoms with van der Waals surface area (Å²) in [4.78, 5) is 0.781. The van der Waals surface area contributed by atoms with Crippen LogP contribution in [0.2, 0.25) is 0 Å². The van der Waals surface area contributed by atoms with Gasteiger partial charge >= 0.3 is 6.18 Å². The highest BCUT2D eigenvalue weighted by Crippen LogP contribution is 2.31. The molecule has 1 rings (SSSR count). The number of ether oxygens (including phenoxy) is 1. The van der Waals surface area contributed by atoms with Crippen LogP contribution in [0.4, 0.5) is 13.2 Å². The van der Waals surface area contributed by atoms with Crippen molar-refractivity contribution in [1.29, 1.82) is 0 Å². The molecule has 0 aromatic carbocycles. The number of thiophene rings is 1. The van der Waals surface area contributed by atoms with Gasteiger partial charge in [0, 0.05) is 10.9 Å². The zero-order chi connectivity index (χ0) is 13.1. The summed E-state index contributed by atoms with van der Waals surface area (Å²) >= 11 is 1.38. The quantitative estimate of drug-likeness (QED) is 0.887. The van der Waals surface area contributed by atoms with Crippen molar-refractivity contribution in [1.82, 2.24) is 0 Å². The lowest BCUT2D eigenvalue weighted by Gasteiger charge is -2.23. The highest BCUT2D eigenvalue weighted by molar-refractivity contribution is 7.10. The molecule has 1 aromatic heterocycles. The number of hydrogen-bond donors (Lipinski definition) is 1. The minimum Gasteiger partial charge on any atom is -0.362 e. The third-order valence-corrected chi connectivity index (χ3v) is 3.53. The first-order valence-corrected chi connectivity index (χ1v) is 6.21. The first-order chi connectivity index (χ1) is 7.85. The fourth-order valence-corrected chi connectivity index (χ4v) is 2.52. The molecule has 0 aliphatic heterocycles. The van der Waals surface area contributed by atoms with Crippen LogP contribution in [0.1, 0.15) is 29.9 Å². The maximum Gasteiger partial charge on any atom is 0.411 e. The minimum atomic E-state index is -4.32. The Hall–Kier alpha value is -0.590. The molecule has 1 aromatic rings. The van der Waals surface area contributed by atoms with Crippen molar-refractivity contribution in [2.24, 2.45) is 5.73 Å². The van der Waals surface area contributed by atoms with E-state index in [-0.39, 0.29) is 0 Å². The van der Waals surface area contributed by atoms with Crippen molar-refractivity contribution < 1.29 is 17.9 Å². The summed E-state index contributed by atoms with van der Waals surface area (Å²) in [5.74, 6) is 0. The summed E-state index contributed by atoms with van der Waals surface area (Å²) in [5, 5.41) is 1.83. The van der Waals surface area contributed by atoms with Crippen molar-refractivity contribution in [2.45, 2.75) is 38.6 Å². The molecule has 6 heteroatoms. The second-order valence-corrected chi connectivity index (χ2v) is 4.83. The summed E-state index contributed by atoms with van der Waals surface area (Å²) in [6.45, 7) is 2.42. The first-order valence-electron chi connectivity index (χ1n) is 5.33. The summed E-state index contributed by atoms with van der Waals surface area (Å²) < 4.78 is 41.4. The van der Waals surface area contributed by atoms with Gasteiger partial charge in [0.15, 0.2) is 0 Å².